The van der Waals surface area contributed by atoms with Crippen LogP contribution in [0.4, 0.5) is 0 Å². The number of hydrogen-bond acceptors (Lipinski definition) is 2. The summed E-state index contributed by atoms with van der Waals surface area (Å²) in [6.45, 7) is 8.89. The second-order valence-electron chi connectivity index (χ2n) is 5.93. The van der Waals surface area contributed by atoms with Crippen LogP contribution in [0.1, 0.15) is 45.4 Å². The van der Waals surface area contributed by atoms with Gasteiger partial charge in [-0.1, -0.05) is 58.7 Å². The first-order valence-electron chi connectivity index (χ1n) is 7.15. The summed E-state index contributed by atoms with van der Waals surface area (Å²) in [5, 5.41) is 0. The largest absolute Gasteiger partial charge is 0.243 e. The summed E-state index contributed by atoms with van der Waals surface area (Å²) in [7, 11) is 0.0191. The van der Waals surface area contributed by atoms with Crippen LogP contribution in [0.5, 0.6) is 0 Å². The average molecular weight is 293 g/mol. The lowest BCUT2D eigenvalue weighted by Crippen LogP contribution is -2.47. The van der Waals surface area contributed by atoms with Crippen molar-refractivity contribution in [3.8, 4) is 0 Å². The first-order chi connectivity index (χ1) is 8.28. The highest BCUT2D eigenvalue weighted by molar-refractivity contribution is 7.92. The minimum atomic E-state index is -2.14. The minimum Gasteiger partial charge on any atom is -0.243 e. The van der Waals surface area contributed by atoms with E-state index in [2.05, 4.69) is 34.9 Å². The fourth-order valence-electron chi connectivity index (χ4n) is 1.85. The fourth-order valence-corrected chi connectivity index (χ4v) is 7.07. The Hall–Kier alpha value is 0.127. The first kappa shape index (κ1) is 18.1. The smallest absolute Gasteiger partial charge is 0.135 e. The van der Waals surface area contributed by atoms with E-state index in [0.29, 0.717) is 0 Å². The third kappa shape index (κ3) is 6.34. The monoisotopic (exact) mass is 292 g/mol. The van der Waals surface area contributed by atoms with E-state index in [9.17, 15) is 4.21 Å². The molecule has 0 aliphatic heterocycles. The second-order valence-corrected chi connectivity index (χ2v) is 13.8. The topological polar surface area (TPSA) is 32.7 Å². The van der Waals surface area contributed by atoms with E-state index in [4.69, 9.17) is 0 Å². The van der Waals surface area contributed by atoms with Gasteiger partial charge in [-0.05, 0) is 13.5 Å². The zero-order valence-corrected chi connectivity index (χ0v) is 15.0. The molecule has 18 heavy (non-hydrogen) atoms. The molecule has 0 bridgehead atoms. The molecule has 0 aromatic heterocycles. The standard InChI is InChI=1S/C13H32N2OSSi/c1-7-8-9-10-11-12-13-17(16,14-2)15(3)18(4,5)6/h7-13H2,1-6H3. The molecule has 1 atom stereocenters. The van der Waals surface area contributed by atoms with Gasteiger partial charge in [0.25, 0.3) is 0 Å². The molecule has 0 fully saturated rings. The van der Waals surface area contributed by atoms with Gasteiger partial charge in [-0.3, -0.25) is 0 Å². The van der Waals surface area contributed by atoms with E-state index in [1.54, 1.807) is 7.05 Å². The Morgan fingerprint density at radius 2 is 1.56 bits per heavy atom. The molecule has 0 aromatic rings. The van der Waals surface area contributed by atoms with Crippen LogP contribution in [0.25, 0.3) is 0 Å². The third-order valence-corrected chi connectivity index (χ3v) is 10.1. The predicted molar refractivity (Wildman–Crippen MR) is 85.8 cm³/mol. The first-order valence-corrected chi connectivity index (χ1v) is 12.2. The maximum atomic E-state index is 12.8. The zero-order chi connectivity index (χ0) is 14.2. The molecule has 0 amide bonds. The van der Waals surface area contributed by atoms with Crippen molar-refractivity contribution in [1.82, 2.24) is 3.97 Å². The molecule has 0 saturated heterocycles. The van der Waals surface area contributed by atoms with Crippen LogP contribution in [0, 0.1) is 0 Å². The second kappa shape index (κ2) is 8.33. The number of unbranched alkanes of at least 4 members (excludes halogenated alkanes) is 5. The SMILES string of the molecule is CCCCCCCCS(=O)(=NC)N(C)[Si](C)(C)C. The van der Waals surface area contributed by atoms with Gasteiger partial charge in [0.05, 0.1) is 0 Å². The predicted octanol–water partition coefficient (Wildman–Crippen LogP) is 4.13. The van der Waals surface area contributed by atoms with E-state index >= 15 is 0 Å². The molecule has 0 radical (unpaired) electrons. The summed E-state index contributed by atoms with van der Waals surface area (Å²) in [4.78, 5) is 0. The molecule has 0 heterocycles. The van der Waals surface area contributed by atoms with E-state index in [-0.39, 0.29) is 0 Å². The summed E-state index contributed by atoms with van der Waals surface area (Å²) in [6.07, 6.45) is 7.40. The van der Waals surface area contributed by atoms with Gasteiger partial charge in [-0.2, -0.15) is 0 Å². The molecule has 0 aliphatic rings. The Morgan fingerprint density at radius 3 is 2.00 bits per heavy atom. The molecule has 0 rings (SSSR count). The van der Waals surface area contributed by atoms with Gasteiger partial charge < -0.3 is 0 Å². The van der Waals surface area contributed by atoms with Gasteiger partial charge in [-0.25, -0.2) is 12.5 Å². The Labute approximate surface area is 116 Å². The van der Waals surface area contributed by atoms with Gasteiger partial charge in [0.2, 0.25) is 0 Å². The van der Waals surface area contributed by atoms with E-state index in [1.165, 1.54) is 32.1 Å². The average Bonchev–Trinajstić information content (AvgIpc) is 2.31. The maximum Gasteiger partial charge on any atom is 0.135 e. The third-order valence-electron chi connectivity index (χ3n) is 3.42. The normalized spacial score (nSPS) is 15.7. The van der Waals surface area contributed by atoms with Crippen molar-refractivity contribution in [3.05, 3.63) is 0 Å². The van der Waals surface area contributed by atoms with Crippen molar-refractivity contribution >= 4 is 18.2 Å². The highest BCUT2D eigenvalue weighted by Crippen LogP contribution is 2.16. The molecular weight excluding hydrogens is 260 g/mol. The Kier molecular flexibility index (Phi) is 8.39. The van der Waals surface area contributed by atoms with Gasteiger partial charge >= 0.3 is 0 Å². The molecule has 0 aromatic carbocycles. The Balaban J connectivity index is 4.23. The van der Waals surface area contributed by atoms with Crippen LogP contribution in [0.3, 0.4) is 0 Å². The van der Waals surface area contributed by atoms with Crippen molar-refractivity contribution in [3.63, 3.8) is 0 Å². The minimum absolute atomic E-state index is 0.733. The van der Waals surface area contributed by atoms with Crippen molar-refractivity contribution in [1.29, 1.82) is 0 Å². The van der Waals surface area contributed by atoms with Crippen molar-refractivity contribution in [2.75, 3.05) is 19.8 Å². The molecule has 0 saturated carbocycles. The van der Waals surface area contributed by atoms with Gasteiger partial charge in [0.1, 0.15) is 18.2 Å². The lowest BCUT2D eigenvalue weighted by Gasteiger charge is -2.32. The van der Waals surface area contributed by atoms with Crippen LogP contribution < -0.4 is 0 Å². The van der Waals surface area contributed by atoms with Crippen LogP contribution >= 0.6 is 0 Å². The molecule has 0 spiro atoms. The molecule has 0 aliphatic carbocycles. The molecular formula is C13H32N2OSSi. The lowest BCUT2D eigenvalue weighted by atomic mass is 10.1. The highest BCUT2D eigenvalue weighted by atomic mass is 32.2. The zero-order valence-electron chi connectivity index (χ0n) is 13.2. The van der Waals surface area contributed by atoms with Crippen LogP contribution in [-0.4, -0.2) is 36.3 Å². The Bertz CT molecular complexity index is 330. The van der Waals surface area contributed by atoms with E-state index in [1.807, 2.05) is 7.05 Å². The van der Waals surface area contributed by atoms with E-state index < -0.39 is 18.2 Å². The van der Waals surface area contributed by atoms with Crippen LogP contribution in [-0.2, 0) is 9.92 Å². The van der Waals surface area contributed by atoms with Crippen molar-refractivity contribution < 1.29 is 4.21 Å². The van der Waals surface area contributed by atoms with Crippen LogP contribution in [0.15, 0.2) is 4.36 Å². The van der Waals surface area contributed by atoms with Gasteiger partial charge in [0.15, 0.2) is 0 Å². The summed E-state index contributed by atoms with van der Waals surface area (Å²) in [5.74, 6) is 0.733. The van der Waals surface area contributed by atoms with Gasteiger partial charge in [-0.15, -0.1) is 0 Å². The molecule has 0 N–H and O–H groups in total. The van der Waals surface area contributed by atoms with Crippen molar-refractivity contribution in [2.24, 2.45) is 4.36 Å². The molecule has 1 unspecified atom stereocenters. The molecule has 110 valence electrons. The quantitative estimate of drug-likeness (QED) is 0.464. The molecule has 5 heteroatoms. The molecule has 3 nitrogen and oxygen atoms in total. The highest BCUT2D eigenvalue weighted by Gasteiger charge is 2.28. The summed E-state index contributed by atoms with van der Waals surface area (Å²) < 4.78 is 19.1. The number of rotatable bonds is 9. The Morgan fingerprint density at radius 1 is 1.06 bits per heavy atom. The number of nitrogens with zero attached hydrogens (tertiary/aromatic N) is 2. The van der Waals surface area contributed by atoms with Gasteiger partial charge in [0, 0.05) is 12.8 Å². The fraction of sp³-hybridized carbons (Fsp3) is 1.00. The maximum absolute atomic E-state index is 12.8. The summed E-state index contributed by atoms with van der Waals surface area (Å²) >= 11 is 0. The van der Waals surface area contributed by atoms with Crippen molar-refractivity contribution in [2.45, 2.75) is 65.1 Å². The summed E-state index contributed by atoms with van der Waals surface area (Å²) in [5.41, 5.74) is 0. The van der Waals surface area contributed by atoms with E-state index in [0.717, 1.165) is 12.2 Å². The number of hydrogen-bond donors (Lipinski definition) is 0. The summed E-state index contributed by atoms with van der Waals surface area (Å²) in [6, 6.07) is 0. The lowest BCUT2D eigenvalue weighted by molar-refractivity contribution is 0.607. The van der Waals surface area contributed by atoms with Crippen LogP contribution in [0.2, 0.25) is 19.6 Å².